The lowest BCUT2D eigenvalue weighted by molar-refractivity contribution is -0.128. The summed E-state index contributed by atoms with van der Waals surface area (Å²) in [6.45, 7) is 9.00. The van der Waals surface area contributed by atoms with E-state index in [4.69, 9.17) is 4.74 Å². The van der Waals surface area contributed by atoms with E-state index in [1.807, 2.05) is 35.2 Å². The van der Waals surface area contributed by atoms with Crippen LogP contribution in [0.3, 0.4) is 0 Å². The maximum Gasteiger partial charge on any atom is 0.246 e. The molecule has 0 saturated carbocycles. The van der Waals surface area contributed by atoms with Crippen molar-refractivity contribution in [3.8, 4) is 5.75 Å². The van der Waals surface area contributed by atoms with Crippen molar-refractivity contribution in [2.24, 2.45) is 11.8 Å². The number of amides is 1. The highest BCUT2D eigenvalue weighted by Crippen LogP contribution is 2.21. The molecule has 1 fully saturated rings. The van der Waals surface area contributed by atoms with Gasteiger partial charge in [0.25, 0.3) is 0 Å². The zero-order valence-electron chi connectivity index (χ0n) is 13.9. The van der Waals surface area contributed by atoms with Gasteiger partial charge in [-0.15, -0.1) is 0 Å². The molecule has 0 aliphatic carbocycles. The third-order valence-corrected chi connectivity index (χ3v) is 3.95. The van der Waals surface area contributed by atoms with Crippen LogP contribution in [-0.2, 0) is 4.79 Å². The van der Waals surface area contributed by atoms with Gasteiger partial charge in [-0.3, -0.25) is 4.79 Å². The second kappa shape index (κ2) is 8.02. The Morgan fingerprint density at radius 1 is 1.23 bits per heavy atom. The summed E-state index contributed by atoms with van der Waals surface area (Å²) < 4.78 is 5.56. The van der Waals surface area contributed by atoms with Gasteiger partial charge in [-0.25, -0.2) is 0 Å². The quantitative estimate of drug-likeness (QED) is 0.770. The van der Waals surface area contributed by atoms with Crippen LogP contribution in [0.1, 0.15) is 39.2 Å². The van der Waals surface area contributed by atoms with Gasteiger partial charge in [0.15, 0.2) is 0 Å². The molecular formula is C19H27NO2. The van der Waals surface area contributed by atoms with Crippen LogP contribution in [0.5, 0.6) is 5.75 Å². The van der Waals surface area contributed by atoms with Crippen molar-refractivity contribution in [2.45, 2.75) is 33.6 Å². The highest BCUT2D eigenvalue weighted by Gasteiger charge is 2.23. The van der Waals surface area contributed by atoms with Gasteiger partial charge in [0, 0.05) is 19.2 Å². The fraction of sp³-hybridized carbons (Fsp3) is 0.526. The minimum Gasteiger partial charge on any atom is -0.494 e. The normalized spacial score (nSPS) is 22.0. The Bertz CT molecular complexity index is 497. The molecule has 1 aliphatic heterocycles. The van der Waals surface area contributed by atoms with Crippen LogP contribution in [0.2, 0.25) is 0 Å². The van der Waals surface area contributed by atoms with Crippen molar-refractivity contribution in [1.82, 2.24) is 4.90 Å². The van der Waals surface area contributed by atoms with E-state index in [0.29, 0.717) is 11.8 Å². The molecule has 1 aromatic rings. The first-order valence-corrected chi connectivity index (χ1v) is 8.28. The molecule has 120 valence electrons. The standard InChI is InChI=1S/C19H27NO2/c1-4-11-22-18-8-5-17(6-9-18)7-10-19(21)20-13-15(2)12-16(3)14-20/h5-10,15-16H,4,11-14H2,1-3H3/b10-7+. The van der Waals surface area contributed by atoms with Gasteiger partial charge < -0.3 is 9.64 Å². The van der Waals surface area contributed by atoms with Crippen molar-refractivity contribution >= 4 is 12.0 Å². The fourth-order valence-corrected chi connectivity index (χ4v) is 3.01. The molecular weight excluding hydrogens is 274 g/mol. The van der Waals surface area contributed by atoms with Crippen molar-refractivity contribution in [3.05, 3.63) is 35.9 Å². The Morgan fingerprint density at radius 2 is 1.86 bits per heavy atom. The molecule has 2 unspecified atom stereocenters. The number of nitrogens with zero attached hydrogens (tertiary/aromatic N) is 1. The molecule has 2 atom stereocenters. The Kier molecular flexibility index (Phi) is 6.05. The highest BCUT2D eigenvalue weighted by atomic mass is 16.5. The maximum absolute atomic E-state index is 12.3. The number of hydrogen-bond acceptors (Lipinski definition) is 2. The van der Waals surface area contributed by atoms with E-state index >= 15 is 0 Å². The second-order valence-corrected chi connectivity index (χ2v) is 6.44. The van der Waals surface area contributed by atoms with Gasteiger partial charge in [-0.1, -0.05) is 32.9 Å². The molecule has 2 rings (SSSR count). The van der Waals surface area contributed by atoms with E-state index in [-0.39, 0.29) is 5.91 Å². The molecule has 3 heteroatoms. The summed E-state index contributed by atoms with van der Waals surface area (Å²) in [6.07, 6.45) is 5.79. The van der Waals surface area contributed by atoms with Crippen LogP contribution in [0.25, 0.3) is 6.08 Å². The van der Waals surface area contributed by atoms with E-state index in [1.54, 1.807) is 6.08 Å². The minimum absolute atomic E-state index is 0.115. The van der Waals surface area contributed by atoms with Gasteiger partial charge in [0.1, 0.15) is 5.75 Å². The summed E-state index contributed by atoms with van der Waals surface area (Å²) in [6, 6.07) is 7.86. The summed E-state index contributed by atoms with van der Waals surface area (Å²) in [5.74, 6) is 2.18. The molecule has 3 nitrogen and oxygen atoms in total. The summed E-state index contributed by atoms with van der Waals surface area (Å²) >= 11 is 0. The fourth-order valence-electron chi connectivity index (χ4n) is 3.01. The van der Waals surface area contributed by atoms with Crippen molar-refractivity contribution < 1.29 is 9.53 Å². The number of hydrogen-bond donors (Lipinski definition) is 0. The van der Waals surface area contributed by atoms with Crippen molar-refractivity contribution in [1.29, 1.82) is 0 Å². The number of piperidine rings is 1. The molecule has 1 aliphatic rings. The van der Waals surface area contributed by atoms with Crippen LogP contribution in [0.15, 0.2) is 30.3 Å². The predicted octanol–water partition coefficient (Wildman–Crippen LogP) is 3.99. The number of ether oxygens (including phenoxy) is 1. The summed E-state index contributed by atoms with van der Waals surface area (Å²) in [4.78, 5) is 14.3. The van der Waals surface area contributed by atoms with Crippen molar-refractivity contribution in [2.75, 3.05) is 19.7 Å². The molecule has 0 bridgehead atoms. The molecule has 1 heterocycles. The van der Waals surface area contributed by atoms with Crippen LogP contribution in [0, 0.1) is 11.8 Å². The van der Waals surface area contributed by atoms with E-state index in [0.717, 1.165) is 37.4 Å². The van der Waals surface area contributed by atoms with Crippen LogP contribution < -0.4 is 4.74 Å². The van der Waals surface area contributed by atoms with E-state index in [2.05, 4.69) is 20.8 Å². The molecule has 0 N–H and O–H groups in total. The average molecular weight is 301 g/mol. The van der Waals surface area contributed by atoms with Crippen LogP contribution >= 0.6 is 0 Å². The zero-order chi connectivity index (χ0) is 15.9. The van der Waals surface area contributed by atoms with Crippen LogP contribution in [-0.4, -0.2) is 30.5 Å². The van der Waals surface area contributed by atoms with E-state index < -0.39 is 0 Å². The van der Waals surface area contributed by atoms with E-state index in [9.17, 15) is 4.79 Å². The molecule has 0 spiro atoms. The molecule has 22 heavy (non-hydrogen) atoms. The number of rotatable bonds is 5. The first kappa shape index (κ1) is 16.6. The Hall–Kier alpha value is -1.77. The van der Waals surface area contributed by atoms with Crippen LogP contribution in [0.4, 0.5) is 0 Å². The highest BCUT2D eigenvalue weighted by molar-refractivity contribution is 5.91. The van der Waals surface area contributed by atoms with Crippen molar-refractivity contribution in [3.63, 3.8) is 0 Å². The Balaban J connectivity index is 1.91. The molecule has 1 saturated heterocycles. The summed E-state index contributed by atoms with van der Waals surface area (Å²) in [5.41, 5.74) is 1.02. The Morgan fingerprint density at radius 3 is 2.45 bits per heavy atom. The molecule has 1 aromatic carbocycles. The van der Waals surface area contributed by atoms with Gasteiger partial charge >= 0.3 is 0 Å². The minimum atomic E-state index is 0.115. The lowest BCUT2D eigenvalue weighted by Gasteiger charge is -2.34. The summed E-state index contributed by atoms with van der Waals surface area (Å²) in [5, 5.41) is 0. The first-order valence-electron chi connectivity index (χ1n) is 8.28. The predicted molar refractivity (Wildman–Crippen MR) is 90.8 cm³/mol. The third kappa shape index (κ3) is 4.90. The second-order valence-electron chi connectivity index (χ2n) is 6.44. The Labute approximate surface area is 134 Å². The third-order valence-electron chi connectivity index (χ3n) is 3.95. The average Bonchev–Trinajstić information content (AvgIpc) is 2.50. The topological polar surface area (TPSA) is 29.5 Å². The van der Waals surface area contributed by atoms with Gasteiger partial charge in [0.2, 0.25) is 5.91 Å². The summed E-state index contributed by atoms with van der Waals surface area (Å²) in [7, 11) is 0. The van der Waals surface area contributed by atoms with E-state index in [1.165, 1.54) is 6.42 Å². The first-order chi connectivity index (χ1) is 10.6. The number of carbonyl (C=O) groups is 1. The largest absolute Gasteiger partial charge is 0.494 e. The number of likely N-dealkylation sites (tertiary alicyclic amines) is 1. The van der Waals surface area contributed by atoms with Gasteiger partial charge in [-0.05, 0) is 48.4 Å². The molecule has 0 radical (unpaired) electrons. The maximum atomic E-state index is 12.3. The SMILES string of the molecule is CCCOc1ccc(/C=C/C(=O)N2CC(C)CC(C)C2)cc1. The van der Waals surface area contributed by atoms with Gasteiger partial charge in [-0.2, -0.15) is 0 Å². The number of benzene rings is 1. The smallest absolute Gasteiger partial charge is 0.246 e. The zero-order valence-corrected chi connectivity index (χ0v) is 13.9. The molecule has 1 amide bonds. The number of carbonyl (C=O) groups excluding carboxylic acids is 1. The van der Waals surface area contributed by atoms with Gasteiger partial charge in [0.05, 0.1) is 6.61 Å². The monoisotopic (exact) mass is 301 g/mol. The lowest BCUT2D eigenvalue weighted by Crippen LogP contribution is -2.41. The molecule has 0 aromatic heterocycles. The lowest BCUT2D eigenvalue weighted by atomic mass is 9.92.